The molecule has 7 nitrogen and oxygen atoms in total. The summed E-state index contributed by atoms with van der Waals surface area (Å²) in [7, 11) is 0. The second-order valence-corrected chi connectivity index (χ2v) is 5.40. The van der Waals surface area contributed by atoms with Crippen molar-refractivity contribution in [1.29, 1.82) is 0 Å². The van der Waals surface area contributed by atoms with Crippen LogP contribution in [-0.2, 0) is 6.18 Å². The number of para-hydroxylation sites is 2. The number of hydrazone groups is 1. The summed E-state index contributed by atoms with van der Waals surface area (Å²) in [6.07, 6.45) is -4.67. The number of nitro groups is 1. The first-order valence-electron chi connectivity index (χ1n) is 7.37. The van der Waals surface area contributed by atoms with Gasteiger partial charge in [0.05, 0.1) is 21.5 Å². The van der Waals surface area contributed by atoms with Gasteiger partial charge in [-0.15, -0.1) is 0 Å². The third kappa shape index (κ3) is 3.48. The Bertz CT molecular complexity index is 978. The van der Waals surface area contributed by atoms with Gasteiger partial charge in [0.25, 0.3) is 5.69 Å². The van der Waals surface area contributed by atoms with E-state index in [1.165, 1.54) is 0 Å². The van der Waals surface area contributed by atoms with Gasteiger partial charge in [-0.05, 0) is 31.2 Å². The highest BCUT2D eigenvalue weighted by Crippen LogP contribution is 2.35. The number of imidazole rings is 1. The van der Waals surface area contributed by atoms with Crippen molar-refractivity contribution in [3.8, 4) is 0 Å². The molecule has 2 N–H and O–H groups in total. The van der Waals surface area contributed by atoms with Crippen molar-refractivity contribution in [3.05, 3.63) is 64.0 Å². The number of hydrogen-bond acceptors (Lipinski definition) is 5. The molecule has 10 heteroatoms. The number of aromatic nitrogens is 2. The van der Waals surface area contributed by atoms with Crippen molar-refractivity contribution in [2.45, 2.75) is 13.1 Å². The molecule has 0 aliphatic rings. The maximum atomic E-state index is 12.7. The molecule has 26 heavy (non-hydrogen) atoms. The summed E-state index contributed by atoms with van der Waals surface area (Å²) in [6, 6.07) is 9.47. The van der Waals surface area contributed by atoms with E-state index in [1.807, 2.05) is 18.2 Å². The first-order valence-corrected chi connectivity index (χ1v) is 7.37. The van der Waals surface area contributed by atoms with Crippen LogP contribution < -0.4 is 5.43 Å². The zero-order valence-electron chi connectivity index (χ0n) is 13.3. The predicted molar refractivity (Wildman–Crippen MR) is 90.0 cm³/mol. The van der Waals surface area contributed by atoms with Crippen LogP contribution in [0.2, 0.25) is 0 Å². The Hall–Kier alpha value is -3.43. The number of rotatable bonds is 4. The summed E-state index contributed by atoms with van der Waals surface area (Å²) in [4.78, 5) is 17.5. The lowest BCUT2D eigenvalue weighted by atomic mass is 10.1. The van der Waals surface area contributed by atoms with Gasteiger partial charge < -0.3 is 4.98 Å². The third-order valence-corrected chi connectivity index (χ3v) is 3.60. The monoisotopic (exact) mass is 363 g/mol. The summed E-state index contributed by atoms with van der Waals surface area (Å²) >= 11 is 0. The molecule has 1 heterocycles. The molecule has 3 aromatic rings. The van der Waals surface area contributed by atoms with E-state index in [1.54, 1.807) is 13.0 Å². The van der Waals surface area contributed by atoms with Gasteiger partial charge in [0.15, 0.2) is 5.82 Å². The fraction of sp³-hybridized carbons (Fsp3) is 0.125. The summed E-state index contributed by atoms with van der Waals surface area (Å²) < 4.78 is 38.2. The smallest absolute Gasteiger partial charge is 0.337 e. The van der Waals surface area contributed by atoms with E-state index >= 15 is 0 Å². The van der Waals surface area contributed by atoms with Crippen LogP contribution in [0.1, 0.15) is 18.3 Å². The number of nitrogens with zero attached hydrogens (tertiary/aromatic N) is 3. The zero-order valence-corrected chi connectivity index (χ0v) is 13.3. The normalized spacial score (nSPS) is 12.4. The Morgan fingerprint density at radius 3 is 2.65 bits per heavy atom. The topological polar surface area (TPSA) is 96.2 Å². The molecular weight excluding hydrogens is 351 g/mol. The van der Waals surface area contributed by atoms with Crippen molar-refractivity contribution >= 4 is 28.1 Å². The van der Waals surface area contributed by atoms with E-state index in [0.29, 0.717) is 17.6 Å². The standard InChI is InChI=1S/C16H12F3N5O2/c1-9(15-20-11-4-2-3-5-12(11)21-15)22-23-13-7-6-10(16(17,18)19)8-14(13)24(25)26/h2-8,23H,1H3,(H,20,21)/b22-9+. The molecule has 1 aromatic heterocycles. The molecule has 134 valence electrons. The van der Waals surface area contributed by atoms with Gasteiger partial charge in [-0.1, -0.05) is 12.1 Å². The maximum Gasteiger partial charge on any atom is 0.416 e. The number of anilines is 1. The molecule has 0 atom stereocenters. The molecule has 0 aliphatic carbocycles. The lowest BCUT2D eigenvalue weighted by molar-refractivity contribution is -0.384. The number of nitro benzene ring substituents is 1. The Kier molecular flexibility index (Phi) is 4.33. The van der Waals surface area contributed by atoms with Gasteiger partial charge in [0.2, 0.25) is 0 Å². The van der Waals surface area contributed by atoms with E-state index in [0.717, 1.165) is 23.2 Å². The van der Waals surface area contributed by atoms with Crippen LogP contribution in [0.5, 0.6) is 0 Å². The van der Waals surface area contributed by atoms with Crippen LogP contribution >= 0.6 is 0 Å². The van der Waals surface area contributed by atoms with Gasteiger partial charge >= 0.3 is 6.18 Å². The molecule has 0 saturated carbocycles. The van der Waals surface area contributed by atoms with Gasteiger partial charge in [0.1, 0.15) is 11.4 Å². The Balaban J connectivity index is 1.90. The molecule has 0 spiro atoms. The van der Waals surface area contributed by atoms with Crippen molar-refractivity contribution in [1.82, 2.24) is 9.97 Å². The second kappa shape index (κ2) is 6.47. The van der Waals surface area contributed by atoms with E-state index in [4.69, 9.17) is 0 Å². The number of H-pyrrole nitrogens is 1. The van der Waals surface area contributed by atoms with Crippen molar-refractivity contribution < 1.29 is 18.1 Å². The molecule has 0 fully saturated rings. The molecule has 3 rings (SSSR count). The molecule has 0 aliphatic heterocycles. The van der Waals surface area contributed by atoms with Gasteiger partial charge in [0, 0.05) is 6.07 Å². The number of aromatic amines is 1. The number of alkyl halides is 3. The lowest BCUT2D eigenvalue weighted by Gasteiger charge is -2.08. The Morgan fingerprint density at radius 2 is 2.00 bits per heavy atom. The number of halogens is 3. The van der Waals surface area contributed by atoms with Crippen LogP contribution in [-0.4, -0.2) is 20.6 Å². The summed E-state index contributed by atoms with van der Waals surface area (Å²) in [5.41, 5.74) is 2.35. The number of fused-ring (bicyclic) bond motifs is 1. The zero-order chi connectivity index (χ0) is 18.9. The number of nitrogens with one attached hydrogen (secondary N) is 2. The molecule has 0 saturated heterocycles. The van der Waals surface area contributed by atoms with Crippen LogP contribution in [0.15, 0.2) is 47.6 Å². The van der Waals surface area contributed by atoms with E-state index < -0.39 is 22.4 Å². The molecule has 0 amide bonds. The predicted octanol–water partition coefficient (Wildman–Crippen LogP) is 4.33. The van der Waals surface area contributed by atoms with Crippen LogP contribution in [0.4, 0.5) is 24.5 Å². The first kappa shape index (κ1) is 17.4. The minimum Gasteiger partial charge on any atom is -0.337 e. The highest BCUT2D eigenvalue weighted by molar-refractivity contribution is 5.98. The molecule has 0 unspecified atom stereocenters. The van der Waals surface area contributed by atoms with Gasteiger partial charge in [-0.2, -0.15) is 18.3 Å². The van der Waals surface area contributed by atoms with Crippen molar-refractivity contribution in [2.75, 3.05) is 5.43 Å². The Morgan fingerprint density at radius 1 is 1.27 bits per heavy atom. The SMILES string of the molecule is C/C(=N\Nc1ccc(C(F)(F)F)cc1[N+](=O)[O-])c1nc2ccccc2[nH]1. The largest absolute Gasteiger partial charge is 0.416 e. The Labute approximate surface area is 144 Å². The number of hydrogen-bond donors (Lipinski definition) is 2. The average Bonchev–Trinajstić information content (AvgIpc) is 3.02. The quantitative estimate of drug-likeness (QED) is 0.410. The van der Waals surface area contributed by atoms with Crippen molar-refractivity contribution in [2.24, 2.45) is 5.10 Å². The minimum absolute atomic E-state index is 0.154. The van der Waals surface area contributed by atoms with Gasteiger partial charge in [-0.25, -0.2) is 4.98 Å². The fourth-order valence-electron chi connectivity index (χ4n) is 2.27. The molecule has 2 aromatic carbocycles. The summed E-state index contributed by atoms with van der Waals surface area (Å²) in [5.74, 6) is 0.438. The number of benzene rings is 2. The van der Waals surface area contributed by atoms with E-state index in [2.05, 4.69) is 20.5 Å². The second-order valence-electron chi connectivity index (χ2n) is 5.40. The van der Waals surface area contributed by atoms with Gasteiger partial charge in [-0.3, -0.25) is 15.5 Å². The highest BCUT2D eigenvalue weighted by Gasteiger charge is 2.33. The summed E-state index contributed by atoms with van der Waals surface area (Å²) in [6.45, 7) is 1.61. The minimum atomic E-state index is -4.67. The summed E-state index contributed by atoms with van der Waals surface area (Å²) in [5, 5.41) is 15.0. The van der Waals surface area contributed by atoms with Crippen LogP contribution in [0.3, 0.4) is 0 Å². The average molecular weight is 363 g/mol. The molecule has 0 radical (unpaired) electrons. The van der Waals surface area contributed by atoms with Crippen LogP contribution in [0, 0.1) is 10.1 Å². The maximum absolute atomic E-state index is 12.7. The fourth-order valence-corrected chi connectivity index (χ4v) is 2.27. The first-order chi connectivity index (χ1) is 12.3. The molecule has 0 bridgehead atoms. The third-order valence-electron chi connectivity index (χ3n) is 3.60. The highest BCUT2D eigenvalue weighted by atomic mass is 19.4. The van der Waals surface area contributed by atoms with E-state index in [9.17, 15) is 23.3 Å². The van der Waals surface area contributed by atoms with Crippen LogP contribution in [0.25, 0.3) is 11.0 Å². The van der Waals surface area contributed by atoms with Crippen molar-refractivity contribution in [3.63, 3.8) is 0 Å². The molecular formula is C16H12F3N5O2. The lowest BCUT2D eigenvalue weighted by Crippen LogP contribution is -2.07. The van der Waals surface area contributed by atoms with E-state index in [-0.39, 0.29) is 5.69 Å².